The summed E-state index contributed by atoms with van der Waals surface area (Å²) in [5.41, 5.74) is 2.79. The van der Waals surface area contributed by atoms with E-state index in [1.807, 2.05) is 49.6 Å². The predicted molar refractivity (Wildman–Crippen MR) is 95.8 cm³/mol. The largest absolute Gasteiger partial charge is 0.487 e. The average Bonchev–Trinajstić information content (AvgIpc) is 3.38. The Balaban J connectivity index is 1.49. The number of carboxylic acid groups (broad SMARTS) is 1. The van der Waals surface area contributed by atoms with Gasteiger partial charge in [0.1, 0.15) is 12.4 Å². The molecule has 26 heavy (non-hydrogen) atoms. The Bertz CT molecular complexity index is 943. The molecule has 6 nitrogen and oxygen atoms in total. The molecule has 4 rings (SSSR count). The van der Waals surface area contributed by atoms with Crippen LogP contribution in [0.15, 0.2) is 55.0 Å². The lowest BCUT2D eigenvalue weighted by Gasteiger charge is -2.11. The summed E-state index contributed by atoms with van der Waals surface area (Å²) in [6.07, 6.45) is 6.65. The van der Waals surface area contributed by atoms with E-state index in [0.29, 0.717) is 19.4 Å². The number of rotatable bonds is 6. The Morgan fingerprint density at radius 1 is 1.19 bits per heavy atom. The van der Waals surface area contributed by atoms with Gasteiger partial charge in [-0.1, -0.05) is 12.1 Å². The van der Waals surface area contributed by atoms with E-state index in [0.717, 1.165) is 28.1 Å². The van der Waals surface area contributed by atoms with Gasteiger partial charge in [-0.3, -0.25) is 14.5 Å². The topological polar surface area (TPSA) is 77.2 Å². The van der Waals surface area contributed by atoms with E-state index in [-0.39, 0.29) is 0 Å². The number of benzene rings is 1. The summed E-state index contributed by atoms with van der Waals surface area (Å²) in [4.78, 5) is 15.8. The van der Waals surface area contributed by atoms with Crippen LogP contribution >= 0.6 is 0 Å². The van der Waals surface area contributed by atoms with Crippen molar-refractivity contribution in [2.75, 3.05) is 0 Å². The molecule has 0 spiro atoms. The van der Waals surface area contributed by atoms with Crippen molar-refractivity contribution < 1.29 is 14.6 Å². The summed E-state index contributed by atoms with van der Waals surface area (Å²) in [7, 11) is 1.87. The third-order valence-electron chi connectivity index (χ3n) is 4.79. The third kappa shape index (κ3) is 3.06. The van der Waals surface area contributed by atoms with Gasteiger partial charge in [-0.15, -0.1) is 0 Å². The zero-order chi connectivity index (χ0) is 18.1. The molecule has 0 aliphatic heterocycles. The highest BCUT2D eigenvalue weighted by molar-refractivity contribution is 5.85. The van der Waals surface area contributed by atoms with E-state index in [1.165, 1.54) is 0 Å². The smallest absolute Gasteiger partial charge is 0.314 e. The second-order valence-corrected chi connectivity index (χ2v) is 6.64. The molecule has 0 unspecified atom stereocenters. The molecule has 1 aliphatic rings. The van der Waals surface area contributed by atoms with Gasteiger partial charge < -0.3 is 9.84 Å². The highest BCUT2D eigenvalue weighted by Gasteiger charge is 2.52. The number of aromatic nitrogens is 3. The Morgan fingerprint density at radius 2 is 1.96 bits per heavy atom. The molecular formula is C20H19N3O3. The van der Waals surface area contributed by atoms with Gasteiger partial charge in [0.25, 0.3) is 0 Å². The summed E-state index contributed by atoms with van der Waals surface area (Å²) in [5.74, 6) is -0.0116. The number of nitrogens with zero attached hydrogens (tertiary/aromatic N) is 3. The van der Waals surface area contributed by atoms with E-state index in [9.17, 15) is 9.90 Å². The number of aliphatic carboxylic acids is 1. The normalized spacial score (nSPS) is 14.8. The Morgan fingerprint density at radius 3 is 2.58 bits per heavy atom. The first kappa shape index (κ1) is 16.3. The van der Waals surface area contributed by atoms with Gasteiger partial charge in [0.15, 0.2) is 0 Å². The maximum Gasteiger partial charge on any atom is 0.314 e. The first-order valence-electron chi connectivity index (χ1n) is 8.47. The van der Waals surface area contributed by atoms with Crippen LogP contribution in [0.4, 0.5) is 0 Å². The minimum atomic E-state index is -0.769. The van der Waals surface area contributed by atoms with Crippen LogP contribution in [0.3, 0.4) is 0 Å². The third-order valence-corrected chi connectivity index (χ3v) is 4.79. The fourth-order valence-corrected chi connectivity index (χ4v) is 3.05. The number of pyridine rings is 1. The van der Waals surface area contributed by atoms with Crippen molar-refractivity contribution in [3.63, 3.8) is 0 Å². The summed E-state index contributed by atoms with van der Waals surface area (Å²) in [6.45, 7) is 0.415. The highest BCUT2D eigenvalue weighted by Crippen LogP contribution is 2.48. The molecular weight excluding hydrogens is 330 g/mol. The molecule has 0 saturated heterocycles. The first-order valence-corrected chi connectivity index (χ1v) is 8.47. The van der Waals surface area contributed by atoms with Gasteiger partial charge in [0, 0.05) is 31.2 Å². The molecule has 2 heterocycles. The molecule has 0 radical (unpaired) electrons. The van der Waals surface area contributed by atoms with Gasteiger partial charge >= 0.3 is 5.97 Å². The van der Waals surface area contributed by atoms with Crippen LogP contribution in [0.2, 0.25) is 0 Å². The van der Waals surface area contributed by atoms with E-state index in [2.05, 4.69) is 10.1 Å². The molecule has 0 amide bonds. The average molecular weight is 349 g/mol. The minimum absolute atomic E-state index is 0.415. The summed E-state index contributed by atoms with van der Waals surface area (Å²) in [5, 5.41) is 13.7. The van der Waals surface area contributed by atoms with Gasteiger partial charge in [0.05, 0.1) is 11.1 Å². The maximum atomic E-state index is 11.5. The second kappa shape index (κ2) is 6.29. The van der Waals surface area contributed by atoms with Crippen molar-refractivity contribution in [2.24, 2.45) is 7.05 Å². The van der Waals surface area contributed by atoms with Gasteiger partial charge in [-0.2, -0.15) is 5.10 Å². The molecule has 1 fully saturated rings. The molecule has 132 valence electrons. The monoisotopic (exact) mass is 349 g/mol. The zero-order valence-corrected chi connectivity index (χ0v) is 14.4. The lowest BCUT2D eigenvalue weighted by atomic mass is 9.95. The summed E-state index contributed by atoms with van der Waals surface area (Å²) in [6, 6.07) is 11.5. The highest BCUT2D eigenvalue weighted by atomic mass is 16.5. The summed E-state index contributed by atoms with van der Waals surface area (Å²) >= 11 is 0. The Hall–Kier alpha value is -3.15. The number of ether oxygens (including phenoxy) is 1. The van der Waals surface area contributed by atoms with Crippen molar-refractivity contribution in [2.45, 2.75) is 24.9 Å². The van der Waals surface area contributed by atoms with Crippen LogP contribution in [0, 0.1) is 0 Å². The Kier molecular flexibility index (Phi) is 3.95. The van der Waals surface area contributed by atoms with Gasteiger partial charge in [-0.25, -0.2) is 0 Å². The maximum absolute atomic E-state index is 11.5. The van der Waals surface area contributed by atoms with Gasteiger partial charge in [0.2, 0.25) is 0 Å². The molecule has 1 aliphatic carbocycles. The first-order chi connectivity index (χ1) is 12.6. The zero-order valence-electron chi connectivity index (χ0n) is 14.4. The Labute approximate surface area is 151 Å². The number of aryl methyl sites for hydroxylation is 1. The molecule has 0 bridgehead atoms. The van der Waals surface area contributed by atoms with Crippen molar-refractivity contribution in [1.29, 1.82) is 0 Å². The van der Waals surface area contributed by atoms with E-state index < -0.39 is 11.4 Å². The molecule has 1 aromatic carbocycles. The van der Waals surface area contributed by atoms with Crippen LogP contribution in [0.25, 0.3) is 11.1 Å². The number of hydrogen-bond donors (Lipinski definition) is 1. The van der Waals surface area contributed by atoms with Crippen molar-refractivity contribution >= 4 is 5.97 Å². The van der Waals surface area contributed by atoms with E-state index in [1.54, 1.807) is 17.1 Å². The van der Waals surface area contributed by atoms with Gasteiger partial charge in [-0.05, 0) is 48.2 Å². The molecule has 0 atom stereocenters. The molecule has 6 heteroatoms. The molecule has 2 aromatic heterocycles. The fourth-order valence-electron chi connectivity index (χ4n) is 3.05. The second-order valence-electron chi connectivity index (χ2n) is 6.64. The van der Waals surface area contributed by atoms with Crippen LogP contribution in [-0.2, 0) is 23.9 Å². The fraction of sp³-hybridized carbons (Fsp3) is 0.250. The van der Waals surface area contributed by atoms with E-state index >= 15 is 0 Å². The molecule has 1 N–H and O–H groups in total. The molecule has 1 saturated carbocycles. The number of carbonyl (C=O) groups is 1. The van der Waals surface area contributed by atoms with E-state index in [4.69, 9.17) is 4.74 Å². The molecule has 3 aromatic rings. The lowest BCUT2D eigenvalue weighted by Crippen LogP contribution is -2.19. The predicted octanol–water partition coefficient (Wildman–Crippen LogP) is 3.18. The summed E-state index contributed by atoms with van der Waals surface area (Å²) < 4.78 is 7.49. The SMILES string of the molecule is Cn1ccc(COc2ccc(-c3cncc(C4(C(=O)O)CC4)c3)cc2)n1. The van der Waals surface area contributed by atoms with Crippen LogP contribution in [0.1, 0.15) is 24.1 Å². The van der Waals surface area contributed by atoms with Crippen LogP contribution in [-0.4, -0.2) is 25.8 Å². The standard InChI is InChI=1S/C20H19N3O3/c1-23-9-6-17(22-23)13-26-18-4-2-14(3-5-18)15-10-16(12-21-11-15)20(7-8-20)19(24)25/h2-6,9-12H,7-8,13H2,1H3,(H,24,25). The minimum Gasteiger partial charge on any atom is -0.487 e. The lowest BCUT2D eigenvalue weighted by molar-refractivity contribution is -0.140. The van der Waals surface area contributed by atoms with Crippen LogP contribution in [0.5, 0.6) is 5.75 Å². The van der Waals surface area contributed by atoms with Crippen LogP contribution < -0.4 is 4.74 Å². The van der Waals surface area contributed by atoms with Crippen molar-refractivity contribution in [3.8, 4) is 16.9 Å². The number of carboxylic acids is 1. The number of hydrogen-bond acceptors (Lipinski definition) is 4. The van der Waals surface area contributed by atoms with Crippen molar-refractivity contribution in [1.82, 2.24) is 14.8 Å². The van der Waals surface area contributed by atoms with Crippen molar-refractivity contribution in [3.05, 3.63) is 66.2 Å². The quantitative estimate of drug-likeness (QED) is 0.739.